The highest BCUT2D eigenvalue weighted by Crippen LogP contribution is 2.25. The fourth-order valence-corrected chi connectivity index (χ4v) is 4.38. The lowest BCUT2D eigenvalue weighted by molar-refractivity contribution is 0.152. The van der Waals surface area contributed by atoms with E-state index in [0.29, 0.717) is 0 Å². The van der Waals surface area contributed by atoms with Gasteiger partial charge in [-0.05, 0) is 58.0 Å². The molecule has 1 aromatic carbocycles. The van der Waals surface area contributed by atoms with Gasteiger partial charge >= 0.3 is 0 Å². The lowest BCUT2D eigenvalue weighted by atomic mass is 10.1. The maximum atomic E-state index is 6.22. The number of hydrogen-bond donors (Lipinski definition) is 1. The predicted octanol–water partition coefficient (Wildman–Crippen LogP) is 3.38. The molecule has 0 amide bonds. The molecule has 0 aliphatic carbocycles. The van der Waals surface area contributed by atoms with Gasteiger partial charge in [-0.25, -0.2) is 0 Å². The summed E-state index contributed by atoms with van der Waals surface area (Å²) in [6, 6.07) is 6.17. The van der Waals surface area contributed by atoms with Crippen LogP contribution in [-0.4, -0.2) is 99.7 Å². The molecule has 0 unspecified atom stereocenters. The van der Waals surface area contributed by atoms with Gasteiger partial charge in [0, 0.05) is 76.2 Å². The van der Waals surface area contributed by atoms with E-state index in [1.807, 2.05) is 6.07 Å². The van der Waals surface area contributed by atoms with Crippen molar-refractivity contribution in [2.75, 3.05) is 83.9 Å². The average molecular weight is 563 g/mol. The standard InChI is InChI=1S/C23H39ClN6.HI/c1-4-25-23(26-9-5-6-10-28-13-11-27(3)12-14-28)30-17-15-29(16-18-30)22-19-21(24)8-7-20(22)2;/h7-8,19H,4-6,9-18H2,1-3H3,(H,25,26);1H. The third-order valence-electron chi connectivity index (χ3n) is 6.17. The summed E-state index contributed by atoms with van der Waals surface area (Å²) in [5.74, 6) is 1.07. The zero-order valence-electron chi connectivity index (χ0n) is 19.4. The molecule has 8 heteroatoms. The van der Waals surface area contributed by atoms with Crippen LogP contribution in [0, 0.1) is 6.92 Å². The van der Waals surface area contributed by atoms with Gasteiger partial charge in [0.2, 0.25) is 0 Å². The number of hydrogen-bond acceptors (Lipinski definition) is 4. The van der Waals surface area contributed by atoms with E-state index < -0.39 is 0 Å². The Bertz CT molecular complexity index is 685. The van der Waals surface area contributed by atoms with Crippen LogP contribution in [0.4, 0.5) is 5.69 Å². The molecule has 0 bridgehead atoms. The molecule has 1 aromatic rings. The normalized spacial score (nSPS) is 18.8. The van der Waals surface area contributed by atoms with Gasteiger partial charge in [-0.3, -0.25) is 4.99 Å². The van der Waals surface area contributed by atoms with Gasteiger partial charge in [-0.1, -0.05) is 17.7 Å². The number of halogens is 2. The van der Waals surface area contributed by atoms with Crippen molar-refractivity contribution >= 4 is 47.2 Å². The highest BCUT2D eigenvalue weighted by molar-refractivity contribution is 14.0. The van der Waals surface area contributed by atoms with Crippen molar-refractivity contribution in [3.63, 3.8) is 0 Å². The summed E-state index contributed by atoms with van der Waals surface area (Å²) in [5.41, 5.74) is 2.54. The highest BCUT2D eigenvalue weighted by Gasteiger charge is 2.21. The Morgan fingerprint density at radius 2 is 1.74 bits per heavy atom. The minimum Gasteiger partial charge on any atom is -0.368 e. The second-order valence-electron chi connectivity index (χ2n) is 8.49. The van der Waals surface area contributed by atoms with Crippen molar-refractivity contribution in [3.8, 4) is 0 Å². The SMILES string of the molecule is CCNC(=NCCCCN1CCN(C)CC1)N1CCN(c2cc(Cl)ccc2C)CC1.I. The van der Waals surface area contributed by atoms with Crippen molar-refractivity contribution in [2.24, 2.45) is 4.99 Å². The highest BCUT2D eigenvalue weighted by atomic mass is 127. The number of anilines is 1. The van der Waals surface area contributed by atoms with E-state index in [0.717, 1.165) is 56.7 Å². The summed E-state index contributed by atoms with van der Waals surface area (Å²) in [5, 5.41) is 4.30. The Hall–Kier alpha value is -0.770. The Morgan fingerprint density at radius 3 is 2.42 bits per heavy atom. The Labute approximate surface area is 211 Å². The van der Waals surface area contributed by atoms with E-state index in [4.69, 9.17) is 16.6 Å². The topological polar surface area (TPSA) is 37.4 Å². The van der Waals surface area contributed by atoms with Crippen molar-refractivity contribution < 1.29 is 0 Å². The maximum absolute atomic E-state index is 6.22. The maximum Gasteiger partial charge on any atom is 0.194 e. The number of likely N-dealkylation sites (N-methyl/N-ethyl adjacent to an activating group) is 1. The number of nitrogens with one attached hydrogen (secondary N) is 1. The average Bonchev–Trinajstić information content (AvgIpc) is 2.76. The molecular formula is C23H40ClIN6. The van der Waals surface area contributed by atoms with Crippen LogP contribution in [0.3, 0.4) is 0 Å². The monoisotopic (exact) mass is 562 g/mol. The van der Waals surface area contributed by atoms with Crippen LogP contribution < -0.4 is 10.2 Å². The van der Waals surface area contributed by atoms with Crippen LogP contribution in [0.15, 0.2) is 23.2 Å². The zero-order valence-corrected chi connectivity index (χ0v) is 22.5. The minimum atomic E-state index is 0. The number of benzene rings is 1. The summed E-state index contributed by atoms with van der Waals surface area (Å²) >= 11 is 6.22. The van der Waals surface area contributed by atoms with Crippen molar-refractivity contribution in [3.05, 3.63) is 28.8 Å². The fourth-order valence-electron chi connectivity index (χ4n) is 4.21. The molecular weight excluding hydrogens is 523 g/mol. The van der Waals surface area contributed by atoms with E-state index in [1.54, 1.807) is 0 Å². The number of nitrogens with zero attached hydrogens (tertiary/aromatic N) is 5. The molecule has 0 spiro atoms. The summed E-state index contributed by atoms with van der Waals surface area (Å²) in [7, 11) is 2.21. The third-order valence-corrected chi connectivity index (χ3v) is 6.40. The van der Waals surface area contributed by atoms with Crippen molar-refractivity contribution in [1.82, 2.24) is 20.0 Å². The first-order chi connectivity index (χ1) is 14.6. The molecule has 2 aliphatic heterocycles. The molecule has 6 nitrogen and oxygen atoms in total. The Balaban J connectivity index is 0.00000341. The number of aryl methyl sites for hydroxylation is 1. The van der Waals surface area contributed by atoms with Gasteiger partial charge in [0.05, 0.1) is 0 Å². The molecule has 2 fully saturated rings. The van der Waals surface area contributed by atoms with Crippen LogP contribution in [0.2, 0.25) is 5.02 Å². The smallest absolute Gasteiger partial charge is 0.194 e. The summed E-state index contributed by atoms with van der Waals surface area (Å²) in [4.78, 5) is 14.8. The van der Waals surface area contributed by atoms with Crippen molar-refractivity contribution in [2.45, 2.75) is 26.7 Å². The Kier molecular flexibility index (Phi) is 11.7. The zero-order chi connectivity index (χ0) is 21.3. The molecule has 176 valence electrons. The summed E-state index contributed by atoms with van der Waals surface area (Å²) in [6.45, 7) is 16.1. The van der Waals surface area contributed by atoms with E-state index in [-0.39, 0.29) is 24.0 Å². The van der Waals surface area contributed by atoms with Crippen molar-refractivity contribution in [1.29, 1.82) is 0 Å². The summed E-state index contributed by atoms with van der Waals surface area (Å²) < 4.78 is 0. The van der Waals surface area contributed by atoms with Gasteiger partial charge in [-0.2, -0.15) is 0 Å². The largest absolute Gasteiger partial charge is 0.368 e. The first-order valence-corrected chi connectivity index (χ1v) is 11.9. The first-order valence-electron chi connectivity index (χ1n) is 11.5. The number of guanidine groups is 1. The van der Waals surface area contributed by atoms with Gasteiger partial charge in [0.15, 0.2) is 5.96 Å². The number of unbranched alkanes of at least 4 members (excludes halogenated alkanes) is 1. The van der Waals surface area contributed by atoms with Gasteiger partial charge in [-0.15, -0.1) is 24.0 Å². The molecule has 0 aromatic heterocycles. The van der Waals surface area contributed by atoms with Crippen LogP contribution in [0.25, 0.3) is 0 Å². The molecule has 31 heavy (non-hydrogen) atoms. The van der Waals surface area contributed by atoms with Crippen LogP contribution in [-0.2, 0) is 0 Å². The lowest BCUT2D eigenvalue weighted by Gasteiger charge is -2.38. The fraction of sp³-hybridized carbons (Fsp3) is 0.696. The van der Waals surface area contributed by atoms with Gasteiger partial charge in [0.1, 0.15) is 0 Å². The molecule has 3 rings (SSSR count). The second-order valence-corrected chi connectivity index (χ2v) is 8.93. The minimum absolute atomic E-state index is 0. The molecule has 0 saturated carbocycles. The lowest BCUT2D eigenvalue weighted by Crippen LogP contribution is -2.52. The molecule has 0 atom stereocenters. The first kappa shape index (κ1) is 26.5. The molecule has 2 aliphatic rings. The van der Waals surface area contributed by atoms with E-state index in [1.165, 1.54) is 50.4 Å². The van der Waals surface area contributed by atoms with Crippen LogP contribution in [0.1, 0.15) is 25.3 Å². The molecule has 2 saturated heterocycles. The molecule has 2 heterocycles. The quantitative estimate of drug-likeness (QED) is 0.239. The van der Waals surface area contributed by atoms with E-state index in [9.17, 15) is 0 Å². The Morgan fingerprint density at radius 1 is 1.03 bits per heavy atom. The summed E-state index contributed by atoms with van der Waals surface area (Å²) in [6.07, 6.45) is 2.39. The number of aliphatic imine (C=N–C) groups is 1. The second kappa shape index (κ2) is 13.7. The number of piperazine rings is 2. The van der Waals surface area contributed by atoms with Crippen LogP contribution in [0.5, 0.6) is 0 Å². The van der Waals surface area contributed by atoms with Gasteiger partial charge < -0.3 is 24.9 Å². The van der Waals surface area contributed by atoms with Gasteiger partial charge in [0.25, 0.3) is 0 Å². The third kappa shape index (κ3) is 8.26. The van der Waals surface area contributed by atoms with Crippen LogP contribution >= 0.6 is 35.6 Å². The molecule has 0 radical (unpaired) electrons. The molecule has 1 N–H and O–H groups in total. The predicted molar refractivity (Wildman–Crippen MR) is 145 cm³/mol. The number of rotatable bonds is 7. The van der Waals surface area contributed by atoms with E-state index in [2.05, 4.69) is 57.9 Å². The van der Waals surface area contributed by atoms with E-state index >= 15 is 0 Å².